The average molecular weight is 471 g/mol. The Morgan fingerprint density at radius 2 is 1.53 bits per heavy atom. The first-order chi connectivity index (χ1) is 16.7. The fourth-order valence-electron chi connectivity index (χ4n) is 3.60. The lowest BCUT2D eigenvalue weighted by Crippen LogP contribution is -2.22. The van der Waals surface area contributed by atoms with Crippen molar-refractivity contribution in [2.75, 3.05) is 47.6 Å². The summed E-state index contributed by atoms with van der Waals surface area (Å²) in [5, 5.41) is 13.0. The van der Waals surface area contributed by atoms with Gasteiger partial charge < -0.3 is 29.0 Å². The van der Waals surface area contributed by atoms with Gasteiger partial charge in [-0.2, -0.15) is 5.26 Å². The number of ether oxygens (including phenoxy) is 5. The van der Waals surface area contributed by atoms with Crippen molar-refractivity contribution < 1.29 is 23.7 Å². The van der Waals surface area contributed by atoms with E-state index in [1.54, 1.807) is 21.3 Å². The Morgan fingerprint density at radius 1 is 0.824 bits per heavy atom. The Balaban J connectivity index is 1.77. The van der Waals surface area contributed by atoms with E-state index in [4.69, 9.17) is 23.7 Å². The van der Waals surface area contributed by atoms with E-state index in [2.05, 4.69) is 18.3 Å². The molecule has 0 aromatic heterocycles. The molecule has 186 valence electrons. The average Bonchev–Trinajstić information content (AvgIpc) is 2.87. The number of rotatable bonds is 17. The van der Waals surface area contributed by atoms with Gasteiger partial charge in [-0.15, -0.1) is 0 Å². The van der Waals surface area contributed by atoms with Gasteiger partial charge in [0.2, 0.25) is 5.75 Å². The highest BCUT2D eigenvalue weighted by atomic mass is 16.5. The van der Waals surface area contributed by atoms with Crippen LogP contribution in [0, 0.1) is 11.3 Å². The molecule has 0 heterocycles. The predicted molar refractivity (Wildman–Crippen MR) is 134 cm³/mol. The molecule has 0 radical (unpaired) electrons. The summed E-state index contributed by atoms with van der Waals surface area (Å²) in [6, 6.07) is 13.8. The number of para-hydroxylation sites is 2. The zero-order chi connectivity index (χ0) is 24.6. The fourth-order valence-corrected chi connectivity index (χ4v) is 3.60. The topological polar surface area (TPSA) is 82.0 Å². The number of unbranched alkanes of at least 4 members (excludes halogenated alkanes) is 2. The number of methoxy groups -OCH3 is 3. The number of benzene rings is 2. The van der Waals surface area contributed by atoms with Crippen molar-refractivity contribution in [3.05, 3.63) is 42.0 Å². The standard InChI is InChI=1S/C27H38N2O5/c1-5-6-11-21(20-28)22-18-25(31-3)27(32-4)26(19-22)33-16-10-9-14-29-15-17-34-24-13-8-7-12-23(24)30-2/h7-8,12-13,18-19,21,29H,5-6,9-11,14-17H2,1-4H3. The van der Waals surface area contributed by atoms with E-state index in [1.807, 2.05) is 36.4 Å². The summed E-state index contributed by atoms with van der Waals surface area (Å²) in [4.78, 5) is 0. The molecule has 2 aromatic carbocycles. The third-order valence-corrected chi connectivity index (χ3v) is 5.48. The number of nitriles is 1. The van der Waals surface area contributed by atoms with Gasteiger partial charge >= 0.3 is 0 Å². The Morgan fingerprint density at radius 3 is 2.21 bits per heavy atom. The number of nitrogens with one attached hydrogen (secondary N) is 1. The molecule has 0 aliphatic rings. The molecule has 0 fully saturated rings. The molecule has 0 amide bonds. The van der Waals surface area contributed by atoms with Crippen molar-refractivity contribution in [1.29, 1.82) is 5.26 Å². The molecule has 1 unspecified atom stereocenters. The van der Waals surface area contributed by atoms with Gasteiger partial charge in [0.1, 0.15) is 6.61 Å². The van der Waals surface area contributed by atoms with E-state index < -0.39 is 0 Å². The van der Waals surface area contributed by atoms with Crippen LogP contribution in [0.5, 0.6) is 28.7 Å². The monoisotopic (exact) mass is 470 g/mol. The molecule has 0 aliphatic heterocycles. The van der Waals surface area contributed by atoms with Crippen LogP contribution in [-0.4, -0.2) is 47.6 Å². The molecule has 1 N–H and O–H groups in total. The Bertz CT molecular complexity index is 897. The van der Waals surface area contributed by atoms with Gasteiger partial charge in [0.25, 0.3) is 0 Å². The van der Waals surface area contributed by atoms with Gasteiger partial charge in [0, 0.05) is 6.54 Å². The maximum absolute atomic E-state index is 9.63. The third-order valence-electron chi connectivity index (χ3n) is 5.48. The van der Waals surface area contributed by atoms with E-state index in [-0.39, 0.29) is 5.92 Å². The van der Waals surface area contributed by atoms with Gasteiger partial charge in [-0.1, -0.05) is 31.9 Å². The van der Waals surface area contributed by atoms with Gasteiger partial charge in [0.05, 0.1) is 39.9 Å². The minimum absolute atomic E-state index is 0.190. The molecule has 2 aromatic rings. The highest BCUT2D eigenvalue weighted by Crippen LogP contribution is 2.41. The molecule has 1 atom stereocenters. The molecule has 34 heavy (non-hydrogen) atoms. The summed E-state index contributed by atoms with van der Waals surface area (Å²) in [6.45, 7) is 4.86. The number of hydrogen-bond acceptors (Lipinski definition) is 7. The maximum Gasteiger partial charge on any atom is 0.203 e. The minimum Gasteiger partial charge on any atom is -0.493 e. The van der Waals surface area contributed by atoms with Crippen molar-refractivity contribution in [3.63, 3.8) is 0 Å². The maximum atomic E-state index is 9.63. The lowest BCUT2D eigenvalue weighted by Gasteiger charge is -2.18. The van der Waals surface area contributed by atoms with E-state index in [0.717, 1.165) is 62.3 Å². The highest BCUT2D eigenvalue weighted by Gasteiger charge is 2.19. The minimum atomic E-state index is -0.190. The predicted octanol–water partition coefficient (Wildman–Crippen LogP) is 5.34. The quantitative estimate of drug-likeness (QED) is 0.313. The molecule has 0 saturated carbocycles. The van der Waals surface area contributed by atoms with Crippen molar-refractivity contribution in [2.45, 2.75) is 44.9 Å². The molecule has 2 rings (SSSR count). The van der Waals surface area contributed by atoms with E-state index >= 15 is 0 Å². The highest BCUT2D eigenvalue weighted by molar-refractivity contribution is 5.55. The summed E-state index contributed by atoms with van der Waals surface area (Å²) in [7, 11) is 4.83. The zero-order valence-electron chi connectivity index (χ0n) is 20.9. The largest absolute Gasteiger partial charge is 0.493 e. The molecule has 0 aliphatic carbocycles. The second-order valence-electron chi connectivity index (χ2n) is 7.88. The number of nitrogens with zero attached hydrogens (tertiary/aromatic N) is 1. The SMILES string of the molecule is CCCCC(C#N)c1cc(OC)c(OC)c(OCCCCNCCOc2ccccc2OC)c1. The van der Waals surface area contributed by atoms with Crippen molar-refractivity contribution in [2.24, 2.45) is 0 Å². The van der Waals surface area contributed by atoms with Crippen LogP contribution in [0.25, 0.3) is 0 Å². The van der Waals surface area contributed by atoms with Crippen LogP contribution < -0.4 is 29.0 Å². The lowest BCUT2D eigenvalue weighted by atomic mass is 9.94. The van der Waals surface area contributed by atoms with Crippen molar-refractivity contribution in [3.8, 4) is 34.8 Å². The van der Waals surface area contributed by atoms with Gasteiger partial charge in [-0.05, 0) is 55.6 Å². The third kappa shape index (κ3) is 8.35. The summed E-state index contributed by atoms with van der Waals surface area (Å²) >= 11 is 0. The normalized spacial score (nSPS) is 11.4. The Kier molecular flexibility index (Phi) is 12.5. The smallest absolute Gasteiger partial charge is 0.203 e. The van der Waals surface area contributed by atoms with Crippen molar-refractivity contribution in [1.82, 2.24) is 5.32 Å². The van der Waals surface area contributed by atoms with Gasteiger partial charge in [0.15, 0.2) is 23.0 Å². The van der Waals surface area contributed by atoms with Crippen LogP contribution in [-0.2, 0) is 0 Å². The first-order valence-electron chi connectivity index (χ1n) is 11.9. The Hall–Kier alpha value is -3.11. The Labute approximate surface area is 203 Å². The van der Waals surface area contributed by atoms with Gasteiger partial charge in [-0.3, -0.25) is 0 Å². The lowest BCUT2D eigenvalue weighted by molar-refractivity contribution is 0.273. The first kappa shape index (κ1) is 27.1. The summed E-state index contributed by atoms with van der Waals surface area (Å²) in [5.41, 5.74) is 0.903. The number of hydrogen-bond donors (Lipinski definition) is 1. The van der Waals surface area contributed by atoms with Crippen LogP contribution in [0.2, 0.25) is 0 Å². The van der Waals surface area contributed by atoms with Crippen LogP contribution >= 0.6 is 0 Å². The summed E-state index contributed by atoms with van der Waals surface area (Å²) in [6.07, 6.45) is 4.71. The van der Waals surface area contributed by atoms with Crippen LogP contribution in [0.3, 0.4) is 0 Å². The van der Waals surface area contributed by atoms with E-state index in [1.165, 1.54) is 0 Å². The summed E-state index contributed by atoms with van der Waals surface area (Å²) in [5.74, 6) is 3.06. The molecular formula is C27H38N2O5. The van der Waals surface area contributed by atoms with E-state index in [9.17, 15) is 5.26 Å². The molecule has 7 heteroatoms. The fraction of sp³-hybridized carbons (Fsp3) is 0.519. The first-order valence-corrected chi connectivity index (χ1v) is 11.9. The molecular weight excluding hydrogens is 432 g/mol. The molecule has 7 nitrogen and oxygen atoms in total. The van der Waals surface area contributed by atoms with Crippen LogP contribution in [0.15, 0.2) is 36.4 Å². The zero-order valence-corrected chi connectivity index (χ0v) is 20.9. The van der Waals surface area contributed by atoms with Crippen LogP contribution in [0.1, 0.15) is 50.5 Å². The van der Waals surface area contributed by atoms with Crippen LogP contribution in [0.4, 0.5) is 0 Å². The molecule has 0 saturated heterocycles. The molecule has 0 spiro atoms. The van der Waals surface area contributed by atoms with E-state index in [0.29, 0.717) is 30.5 Å². The molecule has 0 bridgehead atoms. The van der Waals surface area contributed by atoms with Crippen molar-refractivity contribution >= 4 is 0 Å². The second kappa shape index (κ2) is 15.7. The second-order valence-corrected chi connectivity index (χ2v) is 7.88. The van der Waals surface area contributed by atoms with Gasteiger partial charge in [-0.25, -0.2) is 0 Å². The summed E-state index contributed by atoms with van der Waals surface area (Å²) < 4.78 is 28.1.